The lowest BCUT2D eigenvalue weighted by atomic mass is 9.98. The molecule has 1 aliphatic rings. The van der Waals surface area contributed by atoms with Crippen LogP contribution in [0.15, 0.2) is 12.1 Å². The molecule has 0 spiro atoms. The molecule has 1 N–H and O–H groups in total. The summed E-state index contributed by atoms with van der Waals surface area (Å²) in [6.07, 6.45) is 3.52. The highest BCUT2D eigenvalue weighted by molar-refractivity contribution is 5.95. The van der Waals surface area contributed by atoms with Crippen LogP contribution in [0, 0.1) is 0 Å². The van der Waals surface area contributed by atoms with Gasteiger partial charge in [-0.25, -0.2) is 4.79 Å². The van der Waals surface area contributed by atoms with Gasteiger partial charge in [-0.1, -0.05) is 6.42 Å². The Balaban J connectivity index is 2.37. The minimum Gasteiger partial charge on any atom is -0.508 e. The molecule has 1 aromatic rings. The number of ether oxygens (including phenoxy) is 2. The number of phenolic OH excluding ortho intramolecular Hbond substituents is 1. The average Bonchev–Trinajstić information content (AvgIpc) is 2.44. The van der Waals surface area contributed by atoms with Crippen LogP contribution in [0.5, 0.6) is 11.5 Å². The van der Waals surface area contributed by atoms with Gasteiger partial charge < -0.3 is 14.6 Å². The van der Waals surface area contributed by atoms with Gasteiger partial charge in [0.1, 0.15) is 28.9 Å². The highest BCUT2D eigenvalue weighted by atomic mass is 16.5. The van der Waals surface area contributed by atoms with E-state index in [1.807, 2.05) is 0 Å². The van der Waals surface area contributed by atoms with Crippen molar-refractivity contribution in [2.75, 3.05) is 7.11 Å². The average molecular weight is 306 g/mol. The van der Waals surface area contributed by atoms with Gasteiger partial charge in [0.25, 0.3) is 0 Å². The lowest BCUT2D eigenvalue weighted by Gasteiger charge is -2.18. The van der Waals surface area contributed by atoms with Crippen LogP contribution in [-0.2, 0) is 16.0 Å². The number of fused-ring (bicyclic) bond motifs is 1. The van der Waals surface area contributed by atoms with Gasteiger partial charge in [0, 0.05) is 18.9 Å². The van der Waals surface area contributed by atoms with Crippen molar-refractivity contribution in [3.63, 3.8) is 0 Å². The number of cyclic esters (lactones) is 1. The Kier molecular flexibility index (Phi) is 5.41. The number of phenols is 1. The largest absolute Gasteiger partial charge is 0.508 e. The summed E-state index contributed by atoms with van der Waals surface area (Å²) in [5.41, 5.74) is 1.07. The number of carbonyl (C=O) groups is 2. The van der Waals surface area contributed by atoms with Gasteiger partial charge in [0.05, 0.1) is 7.11 Å². The molecule has 120 valence electrons. The maximum absolute atomic E-state index is 12.4. The quantitative estimate of drug-likeness (QED) is 0.807. The predicted molar refractivity (Wildman–Crippen MR) is 81.3 cm³/mol. The van der Waals surface area contributed by atoms with Gasteiger partial charge in [-0.15, -0.1) is 0 Å². The van der Waals surface area contributed by atoms with Crippen molar-refractivity contribution in [3.8, 4) is 11.5 Å². The van der Waals surface area contributed by atoms with Crippen molar-refractivity contribution >= 4 is 11.8 Å². The number of rotatable bonds is 1. The van der Waals surface area contributed by atoms with Crippen LogP contribution in [0.3, 0.4) is 0 Å². The zero-order valence-electron chi connectivity index (χ0n) is 13.1. The minimum absolute atomic E-state index is 0.0683. The molecule has 0 saturated carbocycles. The normalized spacial score (nSPS) is 20.4. The van der Waals surface area contributed by atoms with Crippen molar-refractivity contribution < 1.29 is 24.2 Å². The molecule has 0 radical (unpaired) electrons. The fraction of sp³-hybridized carbons (Fsp3) is 0.529. The second-order valence-electron chi connectivity index (χ2n) is 5.70. The smallest absolute Gasteiger partial charge is 0.342 e. The molecule has 1 unspecified atom stereocenters. The molecular formula is C17H22O5. The number of hydrogen-bond acceptors (Lipinski definition) is 5. The first-order valence-electron chi connectivity index (χ1n) is 7.64. The van der Waals surface area contributed by atoms with Crippen LogP contribution in [-0.4, -0.2) is 30.1 Å². The summed E-state index contributed by atoms with van der Waals surface area (Å²) in [5, 5.41) is 9.78. The molecule has 1 aromatic carbocycles. The Morgan fingerprint density at radius 2 is 1.91 bits per heavy atom. The summed E-state index contributed by atoms with van der Waals surface area (Å²) in [7, 11) is 1.45. The first-order valence-corrected chi connectivity index (χ1v) is 7.64. The maximum Gasteiger partial charge on any atom is 0.342 e. The van der Waals surface area contributed by atoms with Crippen molar-refractivity contribution in [2.24, 2.45) is 0 Å². The second-order valence-corrected chi connectivity index (χ2v) is 5.70. The van der Waals surface area contributed by atoms with Crippen LogP contribution in [0.1, 0.15) is 54.9 Å². The van der Waals surface area contributed by atoms with Gasteiger partial charge in [0.15, 0.2) is 0 Å². The van der Waals surface area contributed by atoms with Crippen molar-refractivity contribution in [1.82, 2.24) is 0 Å². The van der Waals surface area contributed by atoms with E-state index in [2.05, 4.69) is 0 Å². The summed E-state index contributed by atoms with van der Waals surface area (Å²) in [6.45, 7) is 1.72. The summed E-state index contributed by atoms with van der Waals surface area (Å²) in [6, 6.07) is 2.99. The molecule has 5 heteroatoms. The Morgan fingerprint density at radius 3 is 2.64 bits per heavy atom. The van der Waals surface area contributed by atoms with Crippen LogP contribution >= 0.6 is 0 Å². The van der Waals surface area contributed by atoms with Crippen LogP contribution in [0.4, 0.5) is 0 Å². The highest BCUT2D eigenvalue weighted by Gasteiger charge is 2.23. The Hall–Kier alpha value is -2.04. The van der Waals surface area contributed by atoms with Gasteiger partial charge in [-0.3, -0.25) is 4.79 Å². The van der Waals surface area contributed by atoms with E-state index in [-0.39, 0.29) is 18.0 Å². The third-order valence-electron chi connectivity index (χ3n) is 3.82. The Labute approximate surface area is 130 Å². The summed E-state index contributed by atoms with van der Waals surface area (Å²) in [5.74, 6) is -0.0132. The van der Waals surface area contributed by atoms with E-state index in [1.165, 1.54) is 13.2 Å². The topological polar surface area (TPSA) is 72.8 Å². The molecule has 1 aliphatic heterocycles. The molecule has 0 aromatic heterocycles. The van der Waals surface area contributed by atoms with Crippen molar-refractivity contribution in [1.29, 1.82) is 0 Å². The number of Topliss-reactive ketones (excluding diaryl/α,β-unsaturated/α-hetero) is 1. The fourth-order valence-corrected chi connectivity index (χ4v) is 2.77. The molecule has 0 amide bonds. The predicted octanol–water partition coefficient (Wildman–Crippen LogP) is 3.02. The zero-order chi connectivity index (χ0) is 16.1. The standard InChI is InChI=1S/C17H22O5/c1-11-8-13(18)7-5-3-4-6-12-9-14(19)10-15(21-2)16(12)17(20)22-11/h9-11,19H,3-8H2,1-2H3. The molecule has 0 aliphatic carbocycles. The summed E-state index contributed by atoms with van der Waals surface area (Å²) < 4.78 is 10.6. The third kappa shape index (κ3) is 4.00. The first kappa shape index (κ1) is 16.3. The number of esters is 1. The third-order valence-corrected chi connectivity index (χ3v) is 3.82. The van der Waals surface area contributed by atoms with Crippen LogP contribution in [0.2, 0.25) is 0 Å². The first-order chi connectivity index (χ1) is 10.5. The van der Waals surface area contributed by atoms with E-state index in [0.29, 0.717) is 24.2 Å². The molecule has 2 rings (SSSR count). The van der Waals surface area contributed by atoms with E-state index in [1.54, 1.807) is 13.0 Å². The molecule has 5 nitrogen and oxygen atoms in total. The Bertz CT molecular complexity index is 564. The van der Waals surface area contributed by atoms with Crippen molar-refractivity contribution in [2.45, 2.75) is 51.6 Å². The zero-order valence-corrected chi connectivity index (χ0v) is 13.1. The van der Waals surface area contributed by atoms with Gasteiger partial charge in [-0.2, -0.15) is 0 Å². The number of benzene rings is 1. The summed E-state index contributed by atoms with van der Waals surface area (Å²) in [4.78, 5) is 24.2. The molecular weight excluding hydrogens is 284 g/mol. The molecule has 0 saturated heterocycles. The molecule has 22 heavy (non-hydrogen) atoms. The van der Waals surface area contributed by atoms with E-state index < -0.39 is 12.1 Å². The molecule has 0 bridgehead atoms. The van der Waals surface area contributed by atoms with Crippen LogP contribution < -0.4 is 4.74 Å². The van der Waals surface area contributed by atoms with Crippen molar-refractivity contribution in [3.05, 3.63) is 23.3 Å². The number of hydrogen-bond donors (Lipinski definition) is 1. The van der Waals surface area contributed by atoms with Gasteiger partial charge >= 0.3 is 5.97 Å². The van der Waals surface area contributed by atoms with Crippen LogP contribution in [0.25, 0.3) is 0 Å². The number of aromatic hydroxyl groups is 1. The number of methoxy groups -OCH3 is 1. The van der Waals surface area contributed by atoms with E-state index >= 15 is 0 Å². The molecule has 1 heterocycles. The lowest BCUT2D eigenvalue weighted by Crippen LogP contribution is -2.20. The SMILES string of the molecule is COc1cc(O)cc2c1C(=O)OC(C)CC(=O)CCCCC2. The molecule has 1 atom stereocenters. The number of ketones is 1. The summed E-state index contributed by atoms with van der Waals surface area (Å²) >= 11 is 0. The fourth-order valence-electron chi connectivity index (χ4n) is 2.77. The van der Waals surface area contributed by atoms with E-state index in [0.717, 1.165) is 24.8 Å². The van der Waals surface area contributed by atoms with Gasteiger partial charge in [-0.05, 0) is 37.8 Å². The molecule has 0 fully saturated rings. The Morgan fingerprint density at radius 1 is 1.18 bits per heavy atom. The lowest BCUT2D eigenvalue weighted by molar-refractivity contribution is -0.120. The number of aryl methyl sites for hydroxylation is 1. The van der Waals surface area contributed by atoms with E-state index in [9.17, 15) is 14.7 Å². The number of carbonyl (C=O) groups excluding carboxylic acids is 2. The second kappa shape index (κ2) is 7.29. The van der Waals surface area contributed by atoms with E-state index in [4.69, 9.17) is 9.47 Å². The monoisotopic (exact) mass is 306 g/mol. The maximum atomic E-state index is 12.4. The highest BCUT2D eigenvalue weighted by Crippen LogP contribution is 2.31. The van der Waals surface area contributed by atoms with Gasteiger partial charge in [0.2, 0.25) is 0 Å². The minimum atomic E-state index is -0.507.